The van der Waals surface area contributed by atoms with Crippen LogP contribution in [0, 0.1) is 12.7 Å². The van der Waals surface area contributed by atoms with Crippen LogP contribution in [0.3, 0.4) is 0 Å². The van der Waals surface area contributed by atoms with Crippen LogP contribution in [-0.2, 0) is 17.6 Å². The van der Waals surface area contributed by atoms with E-state index in [2.05, 4.69) is 5.16 Å². The van der Waals surface area contributed by atoms with Crippen molar-refractivity contribution in [3.8, 4) is 0 Å². The highest BCUT2D eigenvalue weighted by Gasteiger charge is 2.31. The summed E-state index contributed by atoms with van der Waals surface area (Å²) in [6, 6.07) is 17.7. The lowest BCUT2D eigenvalue weighted by molar-refractivity contribution is -0.137. The van der Waals surface area contributed by atoms with Gasteiger partial charge in [-0.05, 0) is 48.4 Å². The number of oxime groups is 1. The first-order valence-corrected chi connectivity index (χ1v) is 10.7. The van der Waals surface area contributed by atoms with E-state index in [9.17, 15) is 22.4 Å². The van der Waals surface area contributed by atoms with Crippen molar-refractivity contribution in [2.24, 2.45) is 5.16 Å². The van der Waals surface area contributed by atoms with Gasteiger partial charge in [0.1, 0.15) is 5.82 Å². The molecule has 4 rings (SSSR count). The van der Waals surface area contributed by atoms with Gasteiger partial charge in [-0.3, -0.25) is 4.79 Å². The average Bonchev–Trinajstić information content (AvgIpc) is 3.26. The molecule has 0 saturated carbocycles. The van der Waals surface area contributed by atoms with Crippen molar-refractivity contribution >= 4 is 11.6 Å². The first kappa shape index (κ1) is 23.5. The second kappa shape index (κ2) is 9.67. The zero-order valence-corrected chi connectivity index (χ0v) is 18.3. The largest absolute Gasteiger partial charge is 0.416 e. The molecule has 176 valence electrons. The number of carbonyl (C=O) groups excluding carboxylic acids is 1. The maximum atomic E-state index is 13.7. The molecule has 0 fully saturated rings. The molecule has 0 bridgehead atoms. The molecule has 0 saturated heterocycles. The van der Waals surface area contributed by atoms with E-state index < -0.39 is 29.6 Å². The van der Waals surface area contributed by atoms with Crippen molar-refractivity contribution in [3.05, 3.63) is 106 Å². The molecular formula is C26H22F4N2O2. The van der Waals surface area contributed by atoms with Crippen LogP contribution in [0.25, 0.3) is 0 Å². The van der Waals surface area contributed by atoms with Gasteiger partial charge in [0.15, 0.2) is 6.10 Å². The fourth-order valence-electron chi connectivity index (χ4n) is 3.87. The Hall–Kier alpha value is -3.68. The Morgan fingerprint density at radius 1 is 1.06 bits per heavy atom. The van der Waals surface area contributed by atoms with Crippen molar-refractivity contribution in [3.63, 3.8) is 0 Å². The van der Waals surface area contributed by atoms with Crippen molar-refractivity contribution in [2.75, 3.05) is 6.54 Å². The minimum atomic E-state index is -4.45. The summed E-state index contributed by atoms with van der Waals surface area (Å²) in [5.74, 6) is -1.00. The lowest BCUT2D eigenvalue weighted by atomic mass is 10.00. The second-order valence-corrected chi connectivity index (χ2v) is 8.18. The van der Waals surface area contributed by atoms with Gasteiger partial charge in [-0.15, -0.1) is 0 Å². The van der Waals surface area contributed by atoms with Crippen molar-refractivity contribution in [1.29, 1.82) is 0 Å². The number of aryl methyl sites for hydroxylation is 1. The SMILES string of the molecule is Cc1ccccc1C1=NOC(CN(Cc2ccc(C(F)(F)F)cc2)C(=O)c2cccc(F)c2)C1. The number of halogens is 4. The first-order valence-electron chi connectivity index (χ1n) is 10.7. The number of hydrogen-bond donors (Lipinski definition) is 0. The average molecular weight is 470 g/mol. The van der Waals surface area contributed by atoms with Crippen LogP contribution in [0.1, 0.15) is 39.0 Å². The summed E-state index contributed by atoms with van der Waals surface area (Å²) >= 11 is 0. The van der Waals surface area contributed by atoms with Crippen LogP contribution in [0.4, 0.5) is 17.6 Å². The summed E-state index contributed by atoms with van der Waals surface area (Å²) in [5, 5.41) is 4.19. The normalized spacial score (nSPS) is 15.6. The van der Waals surface area contributed by atoms with Crippen LogP contribution in [-0.4, -0.2) is 29.2 Å². The van der Waals surface area contributed by atoms with Gasteiger partial charge in [0.05, 0.1) is 17.8 Å². The molecule has 1 atom stereocenters. The summed E-state index contributed by atoms with van der Waals surface area (Å²) in [5.41, 5.74) is 2.64. The molecule has 1 unspecified atom stereocenters. The summed E-state index contributed by atoms with van der Waals surface area (Å²) in [6.45, 7) is 2.14. The molecule has 3 aromatic rings. The van der Waals surface area contributed by atoms with Gasteiger partial charge in [-0.2, -0.15) is 13.2 Å². The van der Waals surface area contributed by atoms with E-state index in [1.165, 1.54) is 35.2 Å². The minimum absolute atomic E-state index is 0.0348. The summed E-state index contributed by atoms with van der Waals surface area (Å²) < 4.78 is 52.5. The van der Waals surface area contributed by atoms with E-state index in [1.807, 2.05) is 31.2 Å². The number of alkyl halides is 3. The fraction of sp³-hybridized carbons (Fsp3) is 0.231. The van der Waals surface area contributed by atoms with Crippen molar-refractivity contribution < 1.29 is 27.2 Å². The molecule has 0 radical (unpaired) electrons. The quantitative estimate of drug-likeness (QED) is 0.416. The maximum absolute atomic E-state index is 13.7. The predicted octanol–water partition coefficient (Wildman–Crippen LogP) is 5.99. The minimum Gasteiger partial charge on any atom is -0.390 e. The molecule has 34 heavy (non-hydrogen) atoms. The van der Waals surface area contributed by atoms with E-state index in [1.54, 1.807) is 0 Å². The molecular weight excluding hydrogens is 448 g/mol. The van der Waals surface area contributed by atoms with Gasteiger partial charge in [-0.1, -0.05) is 47.6 Å². The van der Waals surface area contributed by atoms with Crippen LogP contribution in [0.5, 0.6) is 0 Å². The van der Waals surface area contributed by atoms with E-state index in [0.717, 1.165) is 35.0 Å². The molecule has 1 heterocycles. The van der Waals surface area contributed by atoms with Crippen LogP contribution >= 0.6 is 0 Å². The molecule has 0 spiro atoms. The Morgan fingerprint density at radius 3 is 2.47 bits per heavy atom. The maximum Gasteiger partial charge on any atom is 0.416 e. The molecule has 4 nitrogen and oxygen atoms in total. The van der Waals surface area contributed by atoms with Crippen LogP contribution < -0.4 is 0 Å². The van der Waals surface area contributed by atoms with Gasteiger partial charge < -0.3 is 9.74 Å². The third kappa shape index (κ3) is 5.44. The topological polar surface area (TPSA) is 41.9 Å². The molecule has 0 N–H and O–H groups in total. The monoisotopic (exact) mass is 470 g/mol. The molecule has 3 aromatic carbocycles. The van der Waals surface area contributed by atoms with Gasteiger partial charge in [0.25, 0.3) is 5.91 Å². The fourth-order valence-corrected chi connectivity index (χ4v) is 3.87. The van der Waals surface area contributed by atoms with Crippen molar-refractivity contribution in [2.45, 2.75) is 32.2 Å². The summed E-state index contributed by atoms with van der Waals surface area (Å²) in [6.07, 6.45) is -4.43. The van der Waals surface area contributed by atoms with E-state index in [-0.39, 0.29) is 18.7 Å². The molecule has 8 heteroatoms. The van der Waals surface area contributed by atoms with E-state index >= 15 is 0 Å². The standard InChI is InChI=1S/C26H22F4N2O2/c1-17-5-2-3-8-23(17)24-14-22(34-31-24)16-32(25(33)19-6-4-7-21(27)13-19)15-18-9-11-20(12-10-18)26(28,29)30/h2-13,22H,14-16H2,1H3. The smallest absolute Gasteiger partial charge is 0.390 e. The third-order valence-corrected chi connectivity index (χ3v) is 5.63. The summed E-state index contributed by atoms with van der Waals surface area (Å²) in [7, 11) is 0. The number of benzene rings is 3. The second-order valence-electron chi connectivity index (χ2n) is 8.18. The molecule has 0 aliphatic carbocycles. The first-order chi connectivity index (χ1) is 16.2. The highest BCUT2D eigenvalue weighted by Crippen LogP contribution is 2.29. The van der Waals surface area contributed by atoms with Gasteiger partial charge in [0, 0.05) is 24.1 Å². The Bertz CT molecular complexity index is 1210. The third-order valence-electron chi connectivity index (χ3n) is 5.63. The van der Waals surface area contributed by atoms with Crippen molar-refractivity contribution in [1.82, 2.24) is 4.90 Å². The van der Waals surface area contributed by atoms with Gasteiger partial charge in [0.2, 0.25) is 0 Å². The lowest BCUT2D eigenvalue weighted by Gasteiger charge is -2.25. The Morgan fingerprint density at radius 2 is 1.79 bits per heavy atom. The zero-order valence-electron chi connectivity index (χ0n) is 18.3. The Labute approximate surface area is 194 Å². The number of rotatable bonds is 6. The molecule has 1 aliphatic heterocycles. The predicted molar refractivity (Wildman–Crippen MR) is 120 cm³/mol. The number of hydrogen-bond acceptors (Lipinski definition) is 3. The van der Waals surface area contributed by atoms with Gasteiger partial charge >= 0.3 is 6.18 Å². The molecule has 1 amide bonds. The number of nitrogens with zero attached hydrogens (tertiary/aromatic N) is 2. The Balaban J connectivity index is 1.53. The highest BCUT2D eigenvalue weighted by atomic mass is 19.4. The highest BCUT2D eigenvalue weighted by molar-refractivity contribution is 6.02. The molecule has 0 aromatic heterocycles. The Kier molecular flexibility index (Phi) is 6.68. The molecule has 1 aliphatic rings. The van der Waals surface area contributed by atoms with Crippen LogP contribution in [0.2, 0.25) is 0 Å². The van der Waals surface area contributed by atoms with E-state index in [4.69, 9.17) is 4.84 Å². The van der Waals surface area contributed by atoms with Crippen LogP contribution in [0.15, 0.2) is 78.0 Å². The lowest BCUT2D eigenvalue weighted by Crippen LogP contribution is -2.37. The number of carbonyl (C=O) groups is 1. The van der Waals surface area contributed by atoms with E-state index in [0.29, 0.717) is 12.0 Å². The van der Waals surface area contributed by atoms with Gasteiger partial charge in [-0.25, -0.2) is 4.39 Å². The zero-order chi connectivity index (χ0) is 24.3. The number of amides is 1. The summed E-state index contributed by atoms with van der Waals surface area (Å²) in [4.78, 5) is 20.2.